The van der Waals surface area contributed by atoms with Crippen LogP contribution in [0.2, 0.25) is 0 Å². The second kappa shape index (κ2) is 13.7. The van der Waals surface area contributed by atoms with Gasteiger partial charge in [-0.05, 0) is 59.4 Å². The van der Waals surface area contributed by atoms with Crippen molar-refractivity contribution >= 4 is 36.1 Å². The maximum Gasteiger partial charge on any atom is 0.351 e. The summed E-state index contributed by atoms with van der Waals surface area (Å²) < 4.78 is 51.0. The highest BCUT2D eigenvalue weighted by atomic mass is 32.4. The molecule has 1 saturated heterocycles. The predicted octanol–water partition coefficient (Wildman–Crippen LogP) is 0.181. The second-order valence-corrected chi connectivity index (χ2v) is 13.2. The Labute approximate surface area is 234 Å². The van der Waals surface area contributed by atoms with Gasteiger partial charge in [-0.15, -0.1) is 0 Å². The third kappa shape index (κ3) is 8.22. The normalized spacial score (nSPS) is 26.1. The summed E-state index contributed by atoms with van der Waals surface area (Å²) in [5.74, 6) is -1.64. The van der Waals surface area contributed by atoms with Crippen LogP contribution in [-0.4, -0.2) is 86.8 Å². The van der Waals surface area contributed by atoms with Crippen LogP contribution >= 0.6 is 6.57 Å². The van der Waals surface area contributed by atoms with Gasteiger partial charge in [-0.3, -0.25) is 14.2 Å². The minimum Gasteiger partial charge on any atom is -0.462 e. The highest BCUT2D eigenvalue weighted by molar-refractivity contribution is 8.10. The summed E-state index contributed by atoms with van der Waals surface area (Å²) >= 11 is 5.54. The standard InChI is InChI=1S/C22H36F2N5O9PS/c1-10(2)36-18(32)12(5)27-39(40,28-13(6)19(33)37-11(3)4)35-9-22(20(23)24)16(31)15(30)17(38-22)29-8-7-14(25)26-21(29)34/h7-8,10-13,15-17,20,30-31H,9H2,1-6H3,(H2,25,26,34)(H2,27,28,40)/t12?,13?,15-,16+,17-,22-,39?/m1/s1. The highest BCUT2D eigenvalue weighted by Crippen LogP contribution is 2.46. The second-order valence-electron chi connectivity index (χ2n) is 9.74. The average Bonchev–Trinajstić information content (AvgIpc) is 3.08. The number of hydrogen-bond donors (Lipinski definition) is 5. The van der Waals surface area contributed by atoms with E-state index in [2.05, 4.69) is 15.2 Å². The molecule has 6 N–H and O–H groups in total. The number of nitrogens with one attached hydrogen (secondary N) is 2. The van der Waals surface area contributed by atoms with E-state index < -0.39 is 85.6 Å². The van der Waals surface area contributed by atoms with E-state index in [0.717, 1.165) is 6.20 Å². The first-order valence-corrected chi connectivity index (χ1v) is 15.0. The molecule has 0 spiro atoms. The molecular formula is C22H36F2N5O9PS. The van der Waals surface area contributed by atoms with E-state index in [9.17, 15) is 33.4 Å². The van der Waals surface area contributed by atoms with Crippen molar-refractivity contribution in [2.45, 2.75) is 96.3 Å². The summed E-state index contributed by atoms with van der Waals surface area (Å²) in [6, 6.07) is -1.07. The number of hydrogen-bond acceptors (Lipinski definition) is 12. The molecule has 1 aromatic rings. The molecule has 0 aliphatic carbocycles. The summed E-state index contributed by atoms with van der Waals surface area (Å²) in [6.45, 7) is 4.33. The molecule has 0 aromatic carbocycles. The molecule has 0 bridgehead atoms. The van der Waals surface area contributed by atoms with Crippen LogP contribution in [-0.2, 0) is 40.1 Å². The fraction of sp³-hybridized carbons (Fsp3) is 0.727. The molecule has 6 atom stereocenters. The number of nitrogen functional groups attached to an aromatic ring is 1. The van der Waals surface area contributed by atoms with Crippen molar-refractivity contribution in [3.05, 3.63) is 22.7 Å². The molecular weight excluding hydrogens is 579 g/mol. The number of nitrogens with zero attached hydrogens (tertiary/aromatic N) is 2. The van der Waals surface area contributed by atoms with E-state index in [1.54, 1.807) is 27.7 Å². The number of rotatable bonds is 13. The predicted molar refractivity (Wildman–Crippen MR) is 142 cm³/mol. The topological polar surface area (TPSA) is 196 Å². The lowest BCUT2D eigenvalue weighted by molar-refractivity contribution is -0.191. The molecule has 1 fully saturated rings. The van der Waals surface area contributed by atoms with Gasteiger partial charge in [-0.2, -0.15) is 4.98 Å². The fourth-order valence-electron chi connectivity index (χ4n) is 3.60. The number of nitrogens with two attached hydrogens (primary N) is 1. The molecule has 14 nitrogen and oxygen atoms in total. The number of aromatic nitrogens is 2. The van der Waals surface area contributed by atoms with Gasteiger partial charge in [0.15, 0.2) is 18.4 Å². The molecule has 2 unspecified atom stereocenters. The van der Waals surface area contributed by atoms with Crippen LogP contribution in [0, 0.1) is 0 Å². The minimum atomic E-state index is -3.79. The monoisotopic (exact) mass is 615 g/mol. The van der Waals surface area contributed by atoms with Crippen LogP contribution in [0.1, 0.15) is 47.8 Å². The van der Waals surface area contributed by atoms with Crippen molar-refractivity contribution in [3.8, 4) is 0 Å². The van der Waals surface area contributed by atoms with E-state index in [1.807, 2.05) is 0 Å². The van der Waals surface area contributed by atoms with Crippen LogP contribution in [0.3, 0.4) is 0 Å². The lowest BCUT2D eigenvalue weighted by Crippen LogP contribution is -2.53. The van der Waals surface area contributed by atoms with Crippen LogP contribution in [0.4, 0.5) is 14.6 Å². The van der Waals surface area contributed by atoms with Crippen molar-refractivity contribution in [1.82, 2.24) is 19.7 Å². The van der Waals surface area contributed by atoms with Crippen LogP contribution in [0.5, 0.6) is 0 Å². The van der Waals surface area contributed by atoms with Crippen LogP contribution in [0.25, 0.3) is 0 Å². The Bertz CT molecular complexity index is 1130. The summed E-state index contributed by atoms with van der Waals surface area (Å²) in [5, 5.41) is 26.6. The fourth-order valence-corrected chi connectivity index (χ4v) is 6.55. The molecule has 0 saturated carbocycles. The van der Waals surface area contributed by atoms with Gasteiger partial charge in [0.1, 0.15) is 30.1 Å². The third-order valence-corrected chi connectivity index (χ3v) is 8.46. The van der Waals surface area contributed by atoms with E-state index in [1.165, 1.54) is 19.9 Å². The number of carbonyl (C=O) groups excluding carboxylic acids is 2. The quantitative estimate of drug-likeness (QED) is 0.149. The Morgan fingerprint density at radius 2 is 1.65 bits per heavy atom. The zero-order chi connectivity index (χ0) is 30.6. The Hall–Kier alpha value is -2.11. The van der Waals surface area contributed by atoms with E-state index in [4.69, 9.17) is 36.3 Å². The van der Waals surface area contributed by atoms with Crippen LogP contribution < -0.4 is 21.6 Å². The number of alkyl halides is 2. The molecule has 1 aliphatic rings. The van der Waals surface area contributed by atoms with Crippen molar-refractivity contribution in [2.24, 2.45) is 0 Å². The van der Waals surface area contributed by atoms with Gasteiger partial charge >= 0.3 is 17.6 Å². The van der Waals surface area contributed by atoms with Gasteiger partial charge in [0.2, 0.25) is 0 Å². The number of aliphatic hydroxyl groups is 2. The average molecular weight is 616 g/mol. The molecule has 1 aromatic heterocycles. The van der Waals surface area contributed by atoms with Crippen molar-refractivity contribution < 1.29 is 47.3 Å². The zero-order valence-corrected chi connectivity index (χ0v) is 24.5. The Balaban J connectivity index is 2.38. The lowest BCUT2D eigenvalue weighted by Gasteiger charge is -2.35. The molecule has 2 heterocycles. The molecule has 0 radical (unpaired) electrons. The molecule has 40 heavy (non-hydrogen) atoms. The van der Waals surface area contributed by atoms with Crippen molar-refractivity contribution in [2.75, 3.05) is 12.3 Å². The van der Waals surface area contributed by atoms with Gasteiger partial charge in [0.25, 0.3) is 6.43 Å². The summed E-state index contributed by atoms with van der Waals surface area (Å²) in [7, 11) is 0. The van der Waals surface area contributed by atoms with Gasteiger partial charge in [-0.25, -0.2) is 23.7 Å². The maximum atomic E-state index is 14.5. The minimum absolute atomic E-state index is 0.161. The first-order chi connectivity index (χ1) is 18.4. The number of ether oxygens (including phenoxy) is 3. The van der Waals surface area contributed by atoms with Gasteiger partial charge < -0.3 is 34.7 Å². The number of esters is 2. The first-order valence-electron chi connectivity index (χ1n) is 12.3. The van der Waals surface area contributed by atoms with Gasteiger partial charge in [-0.1, -0.05) is 0 Å². The Morgan fingerprint density at radius 1 is 1.15 bits per heavy atom. The zero-order valence-electron chi connectivity index (χ0n) is 22.8. The number of aliphatic hydroxyl groups excluding tert-OH is 2. The molecule has 228 valence electrons. The molecule has 18 heteroatoms. The first kappa shape index (κ1) is 34.1. The summed E-state index contributed by atoms with van der Waals surface area (Å²) in [5.41, 5.74) is 1.55. The van der Waals surface area contributed by atoms with Gasteiger partial charge in [0.05, 0.1) is 18.8 Å². The number of halogens is 2. The Kier molecular flexibility index (Phi) is 11.7. The summed E-state index contributed by atoms with van der Waals surface area (Å²) in [6.07, 6.45) is -9.42. The van der Waals surface area contributed by atoms with Crippen molar-refractivity contribution in [3.63, 3.8) is 0 Å². The van der Waals surface area contributed by atoms with Gasteiger partial charge in [0, 0.05) is 6.20 Å². The smallest absolute Gasteiger partial charge is 0.351 e. The van der Waals surface area contributed by atoms with E-state index in [-0.39, 0.29) is 5.82 Å². The SMILES string of the molecule is CC(C)OC(=O)C(C)NP(=S)(NC(C)C(=O)OC(C)C)OC[C@@]1(C(F)F)O[C@@H](n2ccc(N)nc2=O)[C@H](O)[C@@H]1O. The number of anilines is 1. The van der Waals surface area contributed by atoms with Crippen LogP contribution in [0.15, 0.2) is 17.1 Å². The van der Waals surface area contributed by atoms with Crippen molar-refractivity contribution in [1.29, 1.82) is 0 Å². The van der Waals surface area contributed by atoms with E-state index >= 15 is 0 Å². The Morgan fingerprint density at radius 3 is 2.08 bits per heavy atom. The van der Waals surface area contributed by atoms with E-state index in [0.29, 0.717) is 4.57 Å². The number of carbonyl (C=O) groups is 2. The summed E-state index contributed by atoms with van der Waals surface area (Å²) in [4.78, 5) is 40.6. The molecule has 2 rings (SSSR count). The largest absolute Gasteiger partial charge is 0.462 e. The molecule has 1 aliphatic heterocycles. The molecule has 0 amide bonds. The lowest BCUT2D eigenvalue weighted by atomic mass is 9.96. The highest BCUT2D eigenvalue weighted by Gasteiger charge is 2.61. The third-order valence-electron chi connectivity index (χ3n) is 5.56. The maximum absolute atomic E-state index is 14.5.